The van der Waals surface area contributed by atoms with E-state index in [2.05, 4.69) is 5.32 Å². The van der Waals surface area contributed by atoms with Crippen LogP contribution in [0.25, 0.3) is 0 Å². The third-order valence-corrected chi connectivity index (χ3v) is 4.78. The fourth-order valence-electron chi connectivity index (χ4n) is 1.57. The van der Waals surface area contributed by atoms with Gasteiger partial charge in [0, 0.05) is 25.7 Å². The SMILES string of the molecule is CC(CCN)C(=O)Nc1ccc(S(=O)(=O)N(C)C)cc1. The highest BCUT2D eigenvalue weighted by atomic mass is 32.2. The first-order chi connectivity index (χ1) is 9.28. The lowest BCUT2D eigenvalue weighted by atomic mass is 10.1. The topological polar surface area (TPSA) is 92.5 Å². The molecule has 1 aromatic rings. The summed E-state index contributed by atoms with van der Waals surface area (Å²) in [6, 6.07) is 6.09. The zero-order chi connectivity index (χ0) is 15.3. The number of nitrogens with one attached hydrogen (secondary N) is 1. The number of anilines is 1. The van der Waals surface area contributed by atoms with E-state index < -0.39 is 10.0 Å². The van der Waals surface area contributed by atoms with Crippen molar-refractivity contribution in [2.24, 2.45) is 11.7 Å². The number of nitrogens with zero attached hydrogens (tertiary/aromatic N) is 1. The second kappa shape index (κ2) is 6.83. The van der Waals surface area contributed by atoms with Gasteiger partial charge in [0.2, 0.25) is 15.9 Å². The Morgan fingerprint density at radius 3 is 2.30 bits per heavy atom. The van der Waals surface area contributed by atoms with Gasteiger partial charge in [-0.25, -0.2) is 12.7 Å². The van der Waals surface area contributed by atoms with Crippen LogP contribution in [-0.2, 0) is 14.8 Å². The van der Waals surface area contributed by atoms with Crippen LogP contribution in [0.2, 0.25) is 0 Å². The number of amides is 1. The van der Waals surface area contributed by atoms with Crippen molar-refractivity contribution in [1.29, 1.82) is 0 Å². The molecule has 0 saturated carbocycles. The summed E-state index contributed by atoms with van der Waals surface area (Å²) < 4.78 is 24.9. The second-order valence-corrected chi connectivity index (χ2v) is 6.93. The molecule has 0 aliphatic heterocycles. The van der Waals surface area contributed by atoms with Crippen molar-refractivity contribution in [2.75, 3.05) is 26.0 Å². The first-order valence-corrected chi connectivity index (χ1v) is 7.76. The Bertz CT molecular complexity index is 553. The van der Waals surface area contributed by atoms with Gasteiger partial charge >= 0.3 is 0 Å². The zero-order valence-corrected chi connectivity index (χ0v) is 12.8. The van der Waals surface area contributed by atoms with Crippen molar-refractivity contribution < 1.29 is 13.2 Å². The smallest absolute Gasteiger partial charge is 0.242 e. The third kappa shape index (κ3) is 4.03. The molecule has 1 atom stereocenters. The fraction of sp³-hybridized carbons (Fsp3) is 0.462. The molecule has 0 saturated heterocycles. The molecule has 0 heterocycles. The van der Waals surface area contributed by atoms with E-state index >= 15 is 0 Å². The van der Waals surface area contributed by atoms with Gasteiger partial charge in [-0.15, -0.1) is 0 Å². The molecule has 0 spiro atoms. The average molecular weight is 299 g/mol. The molecule has 1 rings (SSSR count). The van der Waals surface area contributed by atoms with Crippen LogP contribution < -0.4 is 11.1 Å². The van der Waals surface area contributed by atoms with E-state index in [0.29, 0.717) is 18.7 Å². The highest BCUT2D eigenvalue weighted by Crippen LogP contribution is 2.17. The first kappa shape index (κ1) is 16.6. The number of hydrogen-bond donors (Lipinski definition) is 2. The predicted molar refractivity (Wildman–Crippen MR) is 78.8 cm³/mol. The lowest BCUT2D eigenvalue weighted by molar-refractivity contribution is -0.119. The van der Waals surface area contributed by atoms with Crippen molar-refractivity contribution in [3.05, 3.63) is 24.3 Å². The summed E-state index contributed by atoms with van der Waals surface area (Å²) in [6.45, 7) is 2.25. The minimum Gasteiger partial charge on any atom is -0.330 e. The van der Waals surface area contributed by atoms with E-state index in [0.717, 1.165) is 4.31 Å². The van der Waals surface area contributed by atoms with Crippen molar-refractivity contribution in [3.63, 3.8) is 0 Å². The second-order valence-electron chi connectivity index (χ2n) is 4.78. The molecule has 0 fully saturated rings. The van der Waals surface area contributed by atoms with Gasteiger partial charge in [0.25, 0.3) is 0 Å². The van der Waals surface area contributed by atoms with Gasteiger partial charge in [0.05, 0.1) is 4.90 Å². The Kier molecular flexibility index (Phi) is 5.67. The van der Waals surface area contributed by atoms with Gasteiger partial charge in [-0.05, 0) is 37.2 Å². The van der Waals surface area contributed by atoms with E-state index in [1.54, 1.807) is 19.1 Å². The van der Waals surface area contributed by atoms with Crippen LogP contribution in [0.4, 0.5) is 5.69 Å². The summed E-state index contributed by atoms with van der Waals surface area (Å²) in [5.74, 6) is -0.302. The summed E-state index contributed by atoms with van der Waals surface area (Å²) >= 11 is 0. The molecule has 7 heteroatoms. The van der Waals surface area contributed by atoms with Crippen LogP contribution in [-0.4, -0.2) is 39.3 Å². The normalized spacial score (nSPS) is 13.2. The molecular weight excluding hydrogens is 278 g/mol. The Labute approximate surface area is 120 Å². The minimum absolute atomic E-state index is 0.126. The number of benzene rings is 1. The summed E-state index contributed by atoms with van der Waals surface area (Å²) in [5, 5.41) is 2.73. The van der Waals surface area contributed by atoms with Crippen molar-refractivity contribution in [2.45, 2.75) is 18.2 Å². The summed E-state index contributed by atoms with van der Waals surface area (Å²) in [5.41, 5.74) is 5.97. The summed E-state index contributed by atoms with van der Waals surface area (Å²) in [4.78, 5) is 12.0. The van der Waals surface area contributed by atoms with Crippen LogP contribution in [0.3, 0.4) is 0 Å². The molecule has 1 amide bonds. The third-order valence-electron chi connectivity index (χ3n) is 2.95. The molecule has 20 heavy (non-hydrogen) atoms. The van der Waals surface area contributed by atoms with Crippen LogP contribution >= 0.6 is 0 Å². The maximum atomic E-state index is 11.9. The molecule has 1 unspecified atom stereocenters. The summed E-state index contributed by atoms with van der Waals surface area (Å²) in [7, 11) is -0.499. The maximum Gasteiger partial charge on any atom is 0.242 e. The van der Waals surface area contributed by atoms with Gasteiger partial charge < -0.3 is 11.1 Å². The lowest BCUT2D eigenvalue weighted by Gasteiger charge is -2.13. The molecule has 0 radical (unpaired) electrons. The van der Waals surface area contributed by atoms with Gasteiger partial charge in [0.1, 0.15) is 0 Å². The Balaban J connectivity index is 2.80. The van der Waals surface area contributed by atoms with E-state index in [4.69, 9.17) is 5.73 Å². The van der Waals surface area contributed by atoms with Crippen molar-refractivity contribution >= 4 is 21.6 Å². The highest BCUT2D eigenvalue weighted by Gasteiger charge is 2.17. The minimum atomic E-state index is -3.44. The number of nitrogens with two attached hydrogens (primary N) is 1. The largest absolute Gasteiger partial charge is 0.330 e. The number of sulfonamides is 1. The monoisotopic (exact) mass is 299 g/mol. The lowest BCUT2D eigenvalue weighted by Crippen LogP contribution is -2.23. The molecule has 3 N–H and O–H groups in total. The van der Waals surface area contributed by atoms with Crippen LogP contribution in [0, 0.1) is 5.92 Å². The molecular formula is C13H21N3O3S. The van der Waals surface area contributed by atoms with Gasteiger partial charge in [0.15, 0.2) is 0 Å². The van der Waals surface area contributed by atoms with Crippen molar-refractivity contribution in [1.82, 2.24) is 4.31 Å². The van der Waals surface area contributed by atoms with Crippen LogP contribution in [0.15, 0.2) is 29.2 Å². The quantitative estimate of drug-likeness (QED) is 0.815. The molecule has 112 valence electrons. The molecule has 1 aromatic carbocycles. The predicted octanol–water partition coefficient (Wildman–Crippen LogP) is 0.860. The number of carbonyl (C=O) groups excluding carboxylic acids is 1. The fourth-order valence-corrected chi connectivity index (χ4v) is 2.47. The standard InChI is InChI=1S/C13H21N3O3S/c1-10(8-9-14)13(17)15-11-4-6-12(7-5-11)20(18,19)16(2)3/h4-7,10H,8-9,14H2,1-3H3,(H,15,17). The Morgan fingerprint density at radius 2 is 1.85 bits per heavy atom. The van der Waals surface area contributed by atoms with Gasteiger partial charge in [-0.3, -0.25) is 4.79 Å². The number of hydrogen-bond acceptors (Lipinski definition) is 4. The summed E-state index contributed by atoms with van der Waals surface area (Å²) in [6.07, 6.45) is 0.610. The van der Waals surface area contributed by atoms with E-state index in [-0.39, 0.29) is 16.7 Å². The molecule has 0 aliphatic rings. The van der Waals surface area contributed by atoms with Gasteiger partial charge in [-0.1, -0.05) is 6.92 Å². The van der Waals surface area contributed by atoms with Gasteiger partial charge in [-0.2, -0.15) is 0 Å². The van der Waals surface area contributed by atoms with Crippen LogP contribution in [0.1, 0.15) is 13.3 Å². The zero-order valence-electron chi connectivity index (χ0n) is 12.0. The molecule has 0 aromatic heterocycles. The Morgan fingerprint density at radius 1 is 1.30 bits per heavy atom. The number of carbonyl (C=O) groups is 1. The molecule has 0 bridgehead atoms. The van der Waals surface area contributed by atoms with E-state index in [1.165, 1.54) is 26.2 Å². The molecule has 0 aliphatic carbocycles. The molecule has 6 nitrogen and oxygen atoms in total. The maximum absolute atomic E-state index is 11.9. The Hall–Kier alpha value is -1.44. The first-order valence-electron chi connectivity index (χ1n) is 6.32. The van der Waals surface area contributed by atoms with Crippen LogP contribution in [0.5, 0.6) is 0 Å². The van der Waals surface area contributed by atoms with E-state index in [9.17, 15) is 13.2 Å². The number of rotatable bonds is 6. The highest BCUT2D eigenvalue weighted by molar-refractivity contribution is 7.89. The average Bonchev–Trinajstić information content (AvgIpc) is 2.39. The van der Waals surface area contributed by atoms with Crippen molar-refractivity contribution in [3.8, 4) is 0 Å². The van der Waals surface area contributed by atoms with E-state index in [1.807, 2.05) is 0 Å².